The van der Waals surface area contributed by atoms with Gasteiger partial charge < -0.3 is 15.0 Å². The molecular weight excluding hydrogens is 316 g/mol. The second-order valence-electron chi connectivity index (χ2n) is 6.19. The smallest absolute Gasteiger partial charge is 0.225 e. The summed E-state index contributed by atoms with van der Waals surface area (Å²) in [7, 11) is 1.61. The van der Waals surface area contributed by atoms with Gasteiger partial charge in [-0.2, -0.15) is 0 Å². The molecule has 1 aliphatic heterocycles. The number of para-hydroxylation sites is 1. The molecule has 0 aromatic heterocycles. The molecule has 0 saturated carbocycles. The average molecular weight is 338 g/mol. The van der Waals surface area contributed by atoms with Gasteiger partial charge in [0.25, 0.3) is 0 Å². The third-order valence-electron chi connectivity index (χ3n) is 4.45. The van der Waals surface area contributed by atoms with E-state index in [1.165, 1.54) is 0 Å². The normalized spacial score (nSPS) is 16.8. The lowest BCUT2D eigenvalue weighted by atomic mass is 10.1. The van der Waals surface area contributed by atoms with Crippen molar-refractivity contribution < 1.29 is 14.3 Å². The minimum atomic E-state index is -0.300. The molecule has 5 heteroatoms. The summed E-state index contributed by atoms with van der Waals surface area (Å²) in [5.74, 6) is 0.387. The number of hydrogen-bond donors (Lipinski definition) is 1. The number of nitrogens with zero attached hydrogens (tertiary/aromatic N) is 1. The van der Waals surface area contributed by atoms with Crippen LogP contribution in [0.2, 0.25) is 0 Å². The van der Waals surface area contributed by atoms with Crippen LogP contribution in [0.25, 0.3) is 0 Å². The second kappa shape index (κ2) is 7.83. The van der Waals surface area contributed by atoms with E-state index in [9.17, 15) is 9.59 Å². The van der Waals surface area contributed by atoms with Crippen LogP contribution in [0.15, 0.2) is 54.6 Å². The maximum Gasteiger partial charge on any atom is 0.225 e. The standard InChI is InChI=1S/C20H22N2O3/c1-25-18-10-6-5-9-16(18)12-21-20(24)17-11-19(23)22(14-17)13-15-7-3-2-4-8-15/h2-10,17H,11-14H2,1H3,(H,21,24)/t17-/m0/s1. The van der Waals surface area contributed by atoms with Crippen LogP contribution in [-0.2, 0) is 22.7 Å². The zero-order valence-corrected chi connectivity index (χ0v) is 14.3. The summed E-state index contributed by atoms with van der Waals surface area (Å²) >= 11 is 0. The SMILES string of the molecule is COc1ccccc1CNC(=O)[C@H]1CC(=O)N(Cc2ccccc2)C1. The summed E-state index contributed by atoms with van der Waals surface area (Å²) in [6, 6.07) is 17.4. The van der Waals surface area contributed by atoms with Gasteiger partial charge in [0.2, 0.25) is 11.8 Å². The molecule has 2 aromatic rings. The Kier molecular flexibility index (Phi) is 5.33. The van der Waals surface area contributed by atoms with Crippen molar-refractivity contribution in [2.75, 3.05) is 13.7 Å². The van der Waals surface area contributed by atoms with Gasteiger partial charge in [0.1, 0.15) is 5.75 Å². The quantitative estimate of drug-likeness (QED) is 0.880. The van der Waals surface area contributed by atoms with E-state index < -0.39 is 0 Å². The van der Waals surface area contributed by atoms with Crippen molar-refractivity contribution in [3.05, 3.63) is 65.7 Å². The van der Waals surface area contributed by atoms with Crippen LogP contribution in [0.4, 0.5) is 0 Å². The third kappa shape index (κ3) is 4.18. The van der Waals surface area contributed by atoms with E-state index in [0.717, 1.165) is 16.9 Å². The van der Waals surface area contributed by atoms with Crippen molar-refractivity contribution in [3.63, 3.8) is 0 Å². The van der Waals surface area contributed by atoms with Crippen molar-refractivity contribution >= 4 is 11.8 Å². The van der Waals surface area contributed by atoms with Crippen LogP contribution in [0.5, 0.6) is 5.75 Å². The summed E-state index contributed by atoms with van der Waals surface area (Å²) in [5.41, 5.74) is 2.00. The average Bonchev–Trinajstić information content (AvgIpc) is 3.01. The predicted octanol–water partition coefficient (Wildman–Crippen LogP) is 2.36. The topological polar surface area (TPSA) is 58.6 Å². The third-order valence-corrected chi connectivity index (χ3v) is 4.45. The molecule has 0 bridgehead atoms. The van der Waals surface area contributed by atoms with Gasteiger partial charge in [0.05, 0.1) is 13.0 Å². The van der Waals surface area contributed by atoms with Gasteiger partial charge >= 0.3 is 0 Å². The highest BCUT2D eigenvalue weighted by Crippen LogP contribution is 2.21. The largest absolute Gasteiger partial charge is 0.496 e. The number of ether oxygens (including phenoxy) is 1. The van der Waals surface area contributed by atoms with Gasteiger partial charge in [-0.1, -0.05) is 48.5 Å². The number of hydrogen-bond acceptors (Lipinski definition) is 3. The molecule has 2 amide bonds. The lowest BCUT2D eigenvalue weighted by molar-refractivity contribution is -0.129. The molecule has 25 heavy (non-hydrogen) atoms. The van der Waals surface area contributed by atoms with Gasteiger partial charge in [-0.3, -0.25) is 9.59 Å². The van der Waals surface area contributed by atoms with Gasteiger partial charge in [-0.25, -0.2) is 0 Å². The summed E-state index contributed by atoms with van der Waals surface area (Å²) in [5, 5.41) is 2.92. The van der Waals surface area contributed by atoms with Crippen LogP contribution < -0.4 is 10.1 Å². The molecule has 130 valence electrons. The molecule has 0 spiro atoms. The number of nitrogens with one attached hydrogen (secondary N) is 1. The summed E-state index contributed by atoms with van der Waals surface area (Å²) in [6.45, 7) is 1.41. The van der Waals surface area contributed by atoms with Crippen molar-refractivity contribution in [2.24, 2.45) is 5.92 Å². The Morgan fingerprint density at radius 1 is 1.16 bits per heavy atom. The van der Waals surface area contributed by atoms with E-state index in [4.69, 9.17) is 4.74 Å². The fourth-order valence-electron chi connectivity index (χ4n) is 3.08. The van der Waals surface area contributed by atoms with E-state index in [-0.39, 0.29) is 24.2 Å². The Morgan fingerprint density at radius 3 is 2.64 bits per heavy atom. The Morgan fingerprint density at radius 2 is 1.88 bits per heavy atom. The molecule has 0 aliphatic carbocycles. The molecule has 1 fully saturated rings. The first-order valence-electron chi connectivity index (χ1n) is 8.38. The van der Waals surface area contributed by atoms with E-state index in [0.29, 0.717) is 19.6 Å². The summed E-state index contributed by atoms with van der Waals surface area (Å²) < 4.78 is 5.29. The molecule has 1 saturated heterocycles. The predicted molar refractivity (Wildman–Crippen MR) is 94.8 cm³/mol. The lowest BCUT2D eigenvalue weighted by Crippen LogP contribution is -2.32. The number of benzene rings is 2. The van der Waals surface area contributed by atoms with Crippen LogP contribution in [-0.4, -0.2) is 30.4 Å². The molecule has 2 aromatic carbocycles. The van der Waals surface area contributed by atoms with Crippen LogP contribution in [0.1, 0.15) is 17.5 Å². The lowest BCUT2D eigenvalue weighted by Gasteiger charge is -2.17. The van der Waals surface area contributed by atoms with Crippen LogP contribution in [0.3, 0.4) is 0 Å². The van der Waals surface area contributed by atoms with E-state index >= 15 is 0 Å². The first kappa shape index (κ1) is 17.0. The maximum absolute atomic E-state index is 12.4. The highest BCUT2D eigenvalue weighted by Gasteiger charge is 2.34. The van der Waals surface area contributed by atoms with Crippen molar-refractivity contribution in [2.45, 2.75) is 19.5 Å². The molecule has 0 unspecified atom stereocenters. The van der Waals surface area contributed by atoms with E-state index in [1.807, 2.05) is 54.6 Å². The number of carbonyl (C=O) groups is 2. The number of carbonyl (C=O) groups excluding carboxylic acids is 2. The first-order chi connectivity index (χ1) is 12.2. The highest BCUT2D eigenvalue weighted by molar-refractivity contribution is 5.89. The van der Waals surface area contributed by atoms with Crippen molar-refractivity contribution in [1.82, 2.24) is 10.2 Å². The summed E-state index contributed by atoms with van der Waals surface area (Å²) in [4.78, 5) is 26.4. The number of amides is 2. The molecular formula is C20H22N2O3. The van der Waals surface area contributed by atoms with Crippen molar-refractivity contribution in [1.29, 1.82) is 0 Å². The molecule has 5 nitrogen and oxygen atoms in total. The minimum absolute atomic E-state index is 0.0290. The second-order valence-corrected chi connectivity index (χ2v) is 6.19. The monoisotopic (exact) mass is 338 g/mol. The Bertz CT molecular complexity index is 746. The Hall–Kier alpha value is -2.82. The molecule has 3 rings (SSSR count). The fourth-order valence-corrected chi connectivity index (χ4v) is 3.08. The molecule has 0 radical (unpaired) electrons. The Labute approximate surface area is 147 Å². The zero-order valence-electron chi connectivity index (χ0n) is 14.3. The van der Waals surface area contributed by atoms with Gasteiger partial charge in [-0.15, -0.1) is 0 Å². The zero-order chi connectivity index (χ0) is 17.6. The van der Waals surface area contributed by atoms with E-state index in [1.54, 1.807) is 12.0 Å². The maximum atomic E-state index is 12.4. The number of likely N-dealkylation sites (tertiary alicyclic amines) is 1. The fraction of sp³-hybridized carbons (Fsp3) is 0.300. The van der Waals surface area contributed by atoms with E-state index in [2.05, 4.69) is 5.32 Å². The minimum Gasteiger partial charge on any atom is -0.496 e. The van der Waals surface area contributed by atoms with Gasteiger partial charge in [-0.05, 0) is 11.6 Å². The highest BCUT2D eigenvalue weighted by atomic mass is 16.5. The first-order valence-corrected chi connectivity index (χ1v) is 8.38. The van der Waals surface area contributed by atoms with Crippen LogP contribution >= 0.6 is 0 Å². The van der Waals surface area contributed by atoms with Gasteiger partial charge in [0, 0.05) is 31.6 Å². The van der Waals surface area contributed by atoms with Gasteiger partial charge in [0.15, 0.2) is 0 Å². The molecule has 1 atom stereocenters. The molecule has 1 heterocycles. The van der Waals surface area contributed by atoms with Crippen molar-refractivity contribution in [3.8, 4) is 5.75 Å². The number of methoxy groups -OCH3 is 1. The molecule has 1 aliphatic rings. The number of rotatable bonds is 6. The molecule has 1 N–H and O–H groups in total. The van der Waals surface area contributed by atoms with Crippen LogP contribution in [0, 0.1) is 5.92 Å². The summed E-state index contributed by atoms with van der Waals surface area (Å²) in [6.07, 6.45) is 0.268. The Balaban J connectivity index is 1.55.